The molecule has 2 aromatic rings. The van der Waals surface area contributed by atoms with Crippen molar-refractivity contribution in [3.05, 3.63) is 75.8 Å². The molecule has 1 aliphatic rings. The maximum Gasteiger partial charge on any atom is 0.337 e. The lowest BCUT2D eigenvalue weighted by atomic mass is 10.0. The highest BCUT2D eigenvalue weighted by Gasteiger charge is 2.43. The molecule has 0 unspecified atom stereocenters. The molecule has 16 nitrogen and oxygen atoms in total. The minimum atomic E-state index is -1.37. The molecule has 1 N–H and O–H groups in total. The summed E-state index contributed by atoms with van der Waals surface area (Å²) >= 11 is 0. The Kier molecular flexibility index (Phi) is 6.70. The predicted octanol–water partition coefficient (Wildman–Crippen LogP) is 3.25. The number of ether oxygens (including phenoxy) is 1. The number of nitrogens with zero attached hydrogens (tertiary/aromatic N) is 4. The quantitative estimate of drug-likeness (QED) is 0.303. The van der Waals surface area contributed by atoms with Gasteiger partial charge >= 0.3 is 5.97 Å². The van der Waals surface area contributed by atoms with Gasteiger partial charge in [-0.25, -0.2) is 4.79 Å². The van der Waals surface area contributed by atoms with Crippen molar-refractivity contribution < 1.29 is 34.1 Å². The fraction of sp³-hybridized carbons (Fsp3) is 0.316. The smallest absolute Gasteiger partial charge is 0.337 e. The minimum absolute atomic E-state index is 0.172. The predicted molar refractivity (Wildman–Crippen MR) is 115 cm³/mol. The molecule has 3 rings (SSSR count). The number of rotatable bonds is 9. The van der Waals surface area contributed by atoms with Crippen LogP contribution in [0, 0.1) is 40.5 Å². The van der Waals surface area contributed by atoms with Gasteiger partial charge in [-0.15, -0.1) is 0 Å². The summed E-state index contributed by atoms with van der Waals surface area (Å²) in [5, 5.41) is 46.3. The Morgan fingerprint density at radius 3 is 1.57 bits per heavy atom. The third-order valence-electron chi connectivity index (χ3n) is 5.00. The van der Waals surface area contributed by atoms with Crippen LogP contribution in [0.5, 0.6) is 0 Å². The molecule has 35 heavy (non-hydrogen) atoms. The van der Waals surface area contributed by atoms with E-state index < -0.39 is 66.7 Å². The highest BCUT2D eigenvalue weighted by molar-refractivity contribution is 5.92. The van der Waals surface area contributed by atoms with Gasteiger partial charge in [-0.2, -0.15) is 5.48 Å². The summed E-state index contributed by atoms with van der Waals surface area (Å²) in [5.74, 6) is -0.791. The first-order chi connectivity index (χ1) is 16.3. The number of nitro groups is 4. The van der Waals surface area contributed by atoms with Crippen molar-refractivity contribution in [2.24, 2.45) is 0 Å². The van der Waals surface area contributed by atoms with Crippen molar-refractivity contribution in [2.45, 2.75) is 39.0 Å². The molecular weight excluding hydrogens is 474 g/mol. The van der Waals surface area contributed by atoms with E-state index in [9.17, 15) is 45.3 Å². The SMILES string of the molecule is CC(C)OC(=O)[C@@H](C)ONC1c2cc([N+](=O)[O-])cc([N+](=O)[O-])c2-c2c1cc([N+](=O)[O-])cc2[N+](=O)[O-]. The number of hydrogen-bond donors (Lipinski definition) is 1. The molecule has 0 saturated heterocycles. The van der Waals surface area contributed by atoms with Gasteiger partial charge < -0.3 is 4.74 Å². The van der Waals surface area contributed by atoms with E-state index in [4.69, 9.17) is 9.57 Å². The van der Waals surface area contributed by atoms with Crippen LogP contribution in [-0.2, 0) is 14.4 Å². The third-order valence-corrected chi connectivity index (χ3v) is 5.00. The molecule has 1 aliphatic carbocycles. The molecule has 2 aromatic carbocycles. The molecule has 0 bridgehead atoms. The number of hydrogen-bond acceptors (Lipinski definition) is 12. The van der Waals surface area contributed by atoms with Gasteiger partial charge in [-0.05, 0) is 31.9 Å². The van der Waals surface area contributed by atoms with Gasteiger partial charge in [-0.3, -0.25) is 45.3 Å². The zero-order chi connectivity index (χ0) is 26.2. The van der Waals surface area contributed by atoms with E-state index in [1.54, 1.807) is 13.8 Å². The maximum absolute atomic E-state index is 12.1. The van der Waals surface area contributed by atoms with Crippen LogP contribution in [0.4, 0.5) is 22.7 Å². The summed E-state index contributed by atoms with van der Waals surface area (Å²) in [5.41, 5.74) is -1.62. The number of carbonyl (C=O) groups is 1. The van der Waals surface area contributed by atoms with Crippen LogP contribution in [0.3, 0.4) is 0 Å². The number of non-ortho nitro benzene ring substituents is 2. The average Bonchev–Trinajstić information content (AvgIpc) is 3.08. The minimum Gasteiger partial charge on any atom is -0.461 e. The first kappa shape index (κ1) is 25.1. The van der Waals surface area contributed by atoms with Gasteiger partial charge in [0.25, 0.3) is 22.7 Å². The van der Waals surface area contributed by atoms with E-state index in [-0.39, 0.29) is 22.3 Å². The zero-order valence-electron chi connectivity index (χ0n) is 18.3. The lowest BCUT2D eigenvalue weighted by Gasteiger charge is -2.19. The molecular formula is C19H17N5O11. The van der Waals surface area contributed by atoms with E-state index in [2.05, 4.69) is 5.48 Å². The van der Waals surface area contributed by atoms with Crippen molar-refractivity contribution in [3.8, 4) is 11.1 Å². The van der Waals surface area contributed by atoms with E-state index in [0.717, 1.165) is 12.1 Å². The highest BCUT2D eigenvalue weighted by Crippen LogP contribution is 2.54. The second-order valence-corrected chi connectivity index (χ2v) is 7.68. The van der Waals surface area contributed by atoms with Crippen LogP contribution in [-0.4, -0.2) is 37.9 Å². The lowest BCUT2D eigenvalue weighted by molar-refractivity contribution is -0.395. The first-order valence-corrected chi connectivity index (χ1v) is 9.88. The molecule has 184 valence electrons. The first-order valence-electron chi connectivity index (χ1n) is 9.88. The van der Waals surface area contributed by atoms with Crippen LogP contribution >= 0.6 is 0 Å². The molecule has 0 fully saturated rings. The topological polar surface area (TPSA) is 220 Å². The summed E-state index contributed by atoms with van der Waals surface area (Å²) < 4.78 is 5.01. The highest BCUT2D eigenvalue weighted by atomic mass is 16.7. The Morgan fingerprint density at radius 1 is 0.800 bits per heavy atom. The Labute approximate surface area is 195 Å². The fourth-order valence-electron chi connectivity index (χ4n) is 3.61. The van der Waals surface area contributed by atoms with Gasteiger partial charge in [0.1, 0.15) is 0 Å². The zero-order valence-corrected chi connectivity index (χ0v) is 18.3. The van der Waals surface area contributed by atoms with Crippen molar-refractivity contribution in [2.75, 3.05) is 0 Å². The molecule has 0 amide bonds. The van der Waals surface area contributed by atoms with Gasteiger partial charge in [0.2, 0.25) is 0 Å². The van der Waals surface area contributed by atoms with Gasteiger partial charge in [0.05, 0.1) is 55.1 Å². The summed E-state index contributed by atoms with van der Waals surface area (Å²) in [7, 11) is 0. The number of fused-ring (bicyclic) bond motifs is 3. The van der Waals surface area contributed by atoms with Crippen LogP contribution in [0.1, 0.15) is 37.9 Å². The fourth-order valence-corrected chi connectivity index (χ4v) is 3.61. The Morgan fingerprint density at radius 2 is 1.23 bits per heavy atom. The molecule has 0 aliphatic heterocycles. The molecule has 1 atom stereocenters. The average molecular weight is 491 g/mol. The number of nitrogens with one attached hydrogen (secondary N) is 1. The van der Waals surface area contributed by atoms with Crippen LogP contribution < -0.4 is 5.48 Å². The van der Waals surface area contributed by atoms with Crippen molar-refractivity contribution in [1.29, 1.82) is 0 Å². The normalized spacial score (nSPS) is 13.1. The van der Waals surface area contributed by atoms with Crippen LogP contribution in [0.2, 0.25) is 0 Å². The van der Waals surface area contributed by atoms with Crippen LogP contribution in [0.15, 0.2) is 24.3 Å². The van der Waals surface area contributed by atoms with E-state index in [0.29, 0.717) is 12.1 Å². The summed E-state index contributed by atoms with van der Waals surface area (Å²) in [4.78, 5) is 60.0. The van der Waals surface area contributed by atoms with Crippen molar-refractivity contribution >= 4 is 28.7 Å². The third kappa shape index (κ3) is 4.73. The second-order valence-electron chi connectivity index (χ2n) is 7.68. The molecule has 0 spiro atoms. The van der Waals surface area contributed by atoms with Gasteiger partial charge in [0.15, 0.2) is 6.10 Å². The van der Waals surface area contributed by atoms with E-state index in [1.807, 2.05) is 0 Å². The largest absolute Gasteiger partial charge is 0.461 e. The number of carbonyl (C=O) groups excluding carboxylic acids is 1. The second kappa shape index (κ2) is 9.35. The van der Waals surface area contributed by atoms with E-state index >= 15 is 0 Å². The maximum atomic E-state index is 12.1. The molecule has 0 aromatic heterocycles. The Hall–Kier alpha value is -4.57. The van der Waals surface area contributed by atoms with Crippen molar-refractivity contribution in [3.63, 3.8) is 0 Å². The monoisotopic (exact) mass is 491 g/mol. The summed E-state index contributed by atoms with van der Waals surface area (Å²) in [6.45, 7) is 4.50. The number of hydroxylamine groups is 1. The number of nitro benzene ring substituents is 4. The summed E-state index contributed by atoms with van der Waals surface area (Å²) in [6.07, 6.45) is -1.72. The number of benzene rings is 2. The molecule has 0 radical (unpaired) electrons. The number of esters is 1. The summed E-state index contributed by atoms with van der Waals surface area (Å²) in [6, 6.07) is 1.79. The van der Waals surface area contributed by atoms with Crippen LogP contribution in [0.25, 0.3) is 11.1 Å². The Balaban J connectivity index is 2.25. The van der Waals surface area contributed by atoms with Gasteiger partial charge in [0, 0.05) is 12.1 Å². The van der Waals surface area contributed by atoms with E-state index in [1.165, 1.54) is 6.92 Å². The lowest BCUT2D eigenvalue weighted by Crippen LogP contribution is -2.33. The molecule has 0 saturated carbocycles. The standard InChI is InChI=1S/C19H17N5O11/c1-8(2)34-19(25)9(3)35-20-18-12-4-10(21(26)27)6-14(23(30)31)16(12)17-13(18)5-11(22(28)29)7-15(17)24(32)33/h4-9,18,20H,1-3H3/t9-/m1/s1. The Bertz CT molecular complexity index is 1190. The molecule has 0 heterocycles. The molecule has 16 heteroatoms. The van der Waals surface area contributed by atoms with Crippen molar-refractivity contribution in [1.82, 2.24) is 5.48 Å². The van der Waals surface area contributed by atoms with Gasteiger partial charge in [-0.1, -0.05) is 0 Å².